The molecule has 1 rings (SSSR count). The highest BCUT2D eigenvalue weighted by molar-refractivity contribution is 6.34. The molecule has 0 aliphatic carbocycles. The smallest absolute Gasteiger partial charge is 0.228 e. The van der Waals surface area contributed by atoms with Crippen molar-refractivity contribution in [2.75, 3.05) is 5.32 Å². The maximum Gasteiger partial charge on any atom is 0.228 e. The van der Waals surface area contributed by atoms with E-state index >= 15 is 0 Å². The zero-order valence-corrected chi connectivity index (χ0v) is 10.5. The summed E-state index contributed by atoms with van der Waals surface area (Å²) in [6.45, 7) is 9.32. The monoisotopic (exact) mass is 241 g/mol. The number of aromatic amines is 1. The molecule has 0 aliphatic rings. The largest absolute Gasteiger partial charge is 0.308 e. The van der Waals surface area contributed by atoms with Gasteiger partial charge in [-0.1, -0.05) is 24.1 Å². The molecule has 1 amide bonds. The van der Waals surface area contributed by atoms with Crippen LogP contribution in [0.3, 0.4) is 0 Å². The maximum atomic E-state index is 11.7. The maximum absolute atomic E-state index is 11.7. The van der Waals surface area contributed by atoms with Crippen LogP contribution in [0.2, 0.25) is 5.02 Å². The summed E-state index contributed by atoms with van der Waals surface area (Å²) in [6.07, 6.45) is 0.660. The Balaban J connectivity index is 2.64. The third kappa shape index (κ3) is 3.10. The highest BCUT2D eigenvalue weighted by atomic mass is 35.5. The first kappa shape index (κ1) is 12.8. The number of allylic oxidation sites excluding steroid dienone is 1. The average molecular weight is 242 g/mol. The number of nitrogens with one attached hydrogen (secondary N) is 2. The molecule has 0 bridgehead atoms. The van der Waals surface area contributed by atoms with E-state index in [1.807, 2.05) is 13.8 Å². The molecule has 0 saturated heterocycles. The SMILES string of the molecule is C=C(C)CC(C)C(=O)Nc1n[nH]c(C)c1Cl. The van der Waals surface area contributed by atoms with Crippen molar-refractivity contribution in [3.63, 3.8) is 0 Å². The molecule has 1 aromatic rings. The molecule has 88 valence electrons. The number of rotatable bonds is 4. The van der Waals surface area contributed by atoms with E-state index in [2.05, 4.69) is 22.1 Å². The molecule has 1 aromatic heterocycles. The fourth-order valence-corrected chi connectivity index (χ4v) is 1.49. The van der Waals surface area contributed by atoms with Crippen molar-refractivity contribution in [3.05, 3.63) is 22.9 Å². The number of carbonyl (C=O) groups excluding carboxylic acids is 1. The highest BCUT2D eigenvalue weighted by Crippen LogP contribution is 2.23. The molecule has 0 saturated carbocycles. The van der Waals surface area contributed by atoms with Crippen LogP contribution in [0.4, 0.5) is 5.82 Å². The van der Waals surface area contributed by atoms with Crippen molar-refractivity contribution in [3.8, 4) is 0 Å². The van der Waals surface area contributed by atoms with Crippen molar-refractivity contribution >= 4 is 23.3 Å². The number of carbonyl (C=O) groups is 1. The van der Waals surface area contributed by atoms with Crippen LogP contribution in [0.15, 0.2) is 12.2 Å². The van der Waals surface area contributed by atoms with E-state index in [1.165, 1.54) is 0 Å². The van der Waals surface area contributed by atoms with Gasteiger partial charge in [0.1, 0.15) is 5.02 Å². The topological polar surface area (TPSA) is 57.8 Å². The first-order valence-electron chi connectivity index (χ1n) is 5.07. The van der Waals surface area contributed by atoms with Crippen LogP contribution < -0.4 is 5.32 Å². The van der Waals surface area contributed by atoms with Gasteiger partial charge in [0, 0.05) is 5.92 Å². The van der Waals surface area contributed by atoms with E-state index in [9.17, 15) is 4.79 Å². The van der Waals surface area contributed by atoms with Gasteiger partial charge in [-0.3, -0.25) is 9.89 Å². The van der Waals surface area contributed by atoms with Crippen molar-refractivity contribution in [2.45, 2.75) is 27.2 Å². The summed E-state index contributed by atoms with van der Waals surface area (Å²) >= 11 is 5.94. The number of aryl methyl sites for hydroxylation is 1. The molecule has 1 atom stereocenters. The van der Waals surface area contributed by atoms with Crippen LogP contribution in [0.1, 0.15) is 26.0 Å². The molecule has 5 heteroatoms. The molecule has 0 spiro atoms. The van der Waals surface area contributed by atoms with Gasteiger partial charge in [0.2, 0.25) is 5.91 Å². The average Bonchev–Trinajstić information content (AvgIpc) is 2.48. The Morgan fingerprint density at radius 3 is 2.75 bits per heavy atom. The number of aromatic nitrogens is 2. The van der Waals surface area contributed by atoms with E-state index in [0.29, 0.717) is 17.3 Å². The molecule has 16 heavy (non-hydrogen) atoms. The second-order valence-corrected chi connectivity index (χ2v) is 4.44. The predicted octanol–water partition coefficient (Wildman–Crippen LogP) is 2.91. The Morgan fingerprint density at radius 2 is 2.31 bits per heavy atom. The summed E-state index contributed by atoms with van der Waals surface area (Å²) in [5, 5.41) is 9.75. The minimum Gasteiger partial charge on any atom is -0.308 e. The fraction of sp³-hybridized carbons (Fsp3) is 0.455. The fourth-order valence-electron chi connectivity index (χ4n) is 1.35. The van der Waals surface area contributed by atoms with Gasteiger partial charge in [0.25, 0.3) is 0 Å². The van der Waals surface area contributed by atoms with Gasteiger partial charge >= 0.3 is 0 Å². The number of hydrogen-bond acceptors (Lipinski definition) is 2. The Kier molecular flexibility index (Phi) is 4.12. The molecule has 0 fully saturated rings. The molecular weight excluding hydrogens is 226 g/mol. The zero-order valence-electron chi connectivity index (χ0n) is 9.72. The third-order valence-electron chi connectivity index (χ3n) is 2.22. The summed E-state index contributed by atoms with van der Waals surface area (Å²) in [5.74, 6) is 0.153. The zero-order chi connectivity index (χ0) is 12.3. The predicted molar refractivity (Wildman–Crippen MR) is 65.6 cm³/mol. The minimum atomic E-state index is -0.134. The summed E-state index contributed by atoms with van der Waals surface area (Å²) in [5.41, 5.74) is 1.72. The molecule has 4 nitrogen and oxygen atoms in total. The van der Waals surface area contributed by atoms with E-state index in [1.54, 1.807) is 6.92 Å². The van der Waals surface area contributed by atoms with Gasteiger partial charge in [-0.15, -0.1) is 6.58 Å². The minimum absolute atomic E-state index is 0.101. The molecule has 1 unspecified atom stereocenters. The summed E-state index contributed by atoms with van der Waals surface area (Å²) in [7, 11) is 0. The number of hydrogen-bond donors (Lipinski definition) is 2. The van der Waals surface area contributed by atoms with Crippen molar-refractivity contribution in [2.24, 2.45) is 5.92 Å². The first-order chi connectivity index (χ1) is 7.41. The Bertz CT molecular complexity index is 411. The van der Waals surface area contributed by atoms with Gasteiger partial charge in [0.15, 0.2) is 5.82 Å². The quantitative estimate of drug-likeness (QED) is 0.797. The van der Waals surface area contributed by atoms with Crippen LogP contribution in [-0.2, 0) is 4.79 Å². The van der Waals surface area contributed by atoms with E-state index in [0.717, 1.165) is 11.3 Å². The number of nitrogens with zero attached hydrogens (tertiary/aromatic N) is 1. The molecule has 1 heterocycles. The summed E-state index contributed by atoms with van der Waals surface area (Å²) < 4.78 is 0. The van der Waals surface area contributed by atoms with E-state index < -0.39 is 0 Å². The van der Waals surface area contributed by atoms with Crippen molar-refractivity contribution < 1.29 is 4.79 Å². The lowest BCUT2D eigenvalue weighted by Gasteiger charge is -2.10. The molecular formula is C11H16ClN3O. The highest BCUT2D eigenvalue weighted by Gasteiger charge is 2.16. The molecule has 0 radical (unpaired) electrons. The Labute approximate surface area is 100 Å². The van der Waals surface area contributed by atoms with Gasteiger partial charge in [-0.05, 0) is 20.3 Å². The Hall–Kier alpha value is -1.29. The summed E-state index contributed by atoms with van der Waals surface area (Å²) in [4.78, 5) is 11.7. The third-order valence-corrected chi connectivity index (χ3v) is 2.68. The van der Waals surface area contributed by atoms with Gasteiger partial charge in [-0.25, -0.2) is 0 Å². The Morgan fingerprint density at radius 1 is 1.69 bits per heavy atom. The van der Waals surface area contributed by atoms with Crippen LogP contribution in [0.25, 0.3) is 0 Å². The lowest BCUT2D eigenvalue weighted by molar-refractivity contribution is -0.119. The van der Waals surface area contributed by atoms with Crippen LogP contribution in [0, 0.1) is 12.8 Å². The lowest BCUT2D eigenvalue weighted by atomic mass is 10.0. The van der Waals surface area contributed by atoms with Crippen molar-refractivity contribution in [1.82, 2.24) is 10.2 Å². The molecule has 2 N–H and O–H groups in total. The van der Waals surface area contributed by atoms with E-state index in [-0.39, 0.29) is 11.8 Å². The first-order valence-corrected chi connectivity index (χ1v) is 5.45. The van der Waals surface area contributed by atoms with Crippen LogP contribution >= 0.6 is 11.6 Å². The lowest BCUT2D eigenvalue weighted by Crippen LogP contribution is -2.20. The van der Waals surface area contributed by atoms with E-state index in [4.69, 9.17) is 11.6 Å². The standard InChI is InChI=1S/C11H16ClN3O/c1-6(2)5-7(3)11(16)13-10-9(12)8(4)14-15-10/h7H,1,5H2,2-4H3,(H2,13,14,15,16). The normalized spacial score (nSPS) is 12.2. The van der Waals surface area contributed by atoms with Crippen molar-refractivity contribution in [1.29, 1.82) is 0 Å². The molecule has 0 aliphatic heterocycles. The number of halogens is 1. The van der Waals surface area contributed by atoms with Crippen LogP contribution in [-0.4, -0.2) is 16.1 Å². The number of amides is 1. The van der Waals surface area contributed by atoms with Gasteiger partial charge in [0.05, 0.1) is 5.69 Å². The summed E-state index contributed by atoms with van der Waals surface area (Å²) in [6, 6.07) is 0. The second kappa shape index (κ2) is 5.16. The van der Waals surface area contributed by atoms with Gasteiger partial charge in [-0.2, -0.15) is 5.10 Å². The van der Waals surface area contributed by atoms with Gasteiger partial charge < -0.3 is 5.32 Å². The van der Waals surface area contributed by atoms with Crippen LogP contribution in [0.5, 0.6) is 0 Å². The number of anilines is 1. The number of H-pyrrole nitrogens is 1. The molecule has 0 aromatic carbocycles. The second-order valence-electron chi connectivity index (χ2n) is 4.06.